The van der Waals surface area contributed by atoms with Crippen molar-refractivity contribution in [3.05, 3.63) is 23.3 Å². The van der Waals surface area contributed by atoms with Crippen LogP contribution in [-0.2, 0) is 0 Å². The first kappa shape index (κ1) is 4.47. The Morgan fingerprint density at radius 3 is 2.86 bits per heavy atom. The van der Waals surface area contributed by atoms with Crippen molar-refractivity contribution >= 4 is 8.35 Å². The molecule has 0 radical (unpaired) electrons. The predicted molar refractivity (Wildman–Crippen MR) is 25.7 cm³/mol. The summed E-state index contributed by atoms with van der Waals surface area (Å²) < 4.78 is 0.597. The molecule has 1 aromatic heterocycles. The van der Waals surface area contributed by atoms with E-state index in [1.54, 1.807) is 11.9 Å². The summed E-state index contributed by atoms with van der Waals surface area (Å²) in [5.41, 5.74) is 0. The van der Waals surface area contributed by atoms with Crippen molar-refractivity contribution in [1.29, 1.82) is 0 Å². The normalized spacial score (nSPS) is 9.71. The van der Waals surface area contributed by atoms with Gasteiger partial charge in [-0.3, -0.25) is 0 Å². The molecule has 0 saturated heterocycles. The third-order valence-electron chi connectivity index (χ3n) is 0.503. The Kier molecular flexibility index (Phi) is 1.18. The Bertz CT molecular complexity index is 143. The summed E-state index contributed by atoms with van der Waals surface area (Å²) in [4.78, 5) is 0. The van der Waals surface area contributed by atoms with E-state index >= 15 is 0 Å². The van der Waals surface area contributed by atoms with Crippen molar-refractivity contribution in [1.82, 2.24) is 5.10 Å². The van der Waals surface area contributed by atoms with Crippen molar-refractivity contribution < 1.29 is 4.61 Å². The second-order valence-electron chi connectivity index (χ2n) is 0.974. The van der Waals surface area contributed by atoms with Gasteiger partial charge in [-0.05, 0) is 10.7 Å². The zero-order chi connectivity index (χ0) is 5.11. The van der Waals surface area contributed by atoms with Crippen LogP contribution < -0.4 is 4.61 Å². The number of nitrogens with zero attached hydrogens (tertiary/aromatic N) is 2. The van der Waals surface area contributed by atoms with Crippen LogP contribution in [0.2, 0.25) is 0 Å². The topological polar surface area (TPSA) is 39.8 Å². The maximum absolute atomic E-state index is 10.1. The fourth-order valence-electron chi connectivity index (χ4n) is 0.259. The number of rotatable bonds is 0. The monoisotopic (exact) mass is 114 g/mol. The van der Waals surface area contributed by atoms with Crippen LogP contribution in [0.15, 0.2) is 18.1 Å². The highest BCUT2D eigenvalue weighted by molar-refractivity contribution is 7.20. The summed E-state index contributed by atoms with van der Waals surface area (Å²) in [7, 11) is 0.596. The van der Waals surface area contributed by atoms with E-state index in [0.717, 1.165) is 0 Å². The Morgan fingerprint density at radius 1 is 1.71 bits per heavy atom. The largest absolute Gasteiger partial charge is 0.592 e. The predicted octanol–water partition coefficient (Wildman–Crippen LogP) is 0.295. The smallest absolute Gasteiger partial charge is 0.286 e. The van der Waals surface area contributed by atoms with Crippen LogP contribution in [0.3, 0.4) is 0 Å². The third kappa shape index (κ3) is 1.09. The minimum atomic E-state index is 0.596. The van der Waals surface area contributed by atoms with Gasteiger partial charge in [0.2, 0.25) is 0 Å². The minimum Gasteiger partial charge on any atom is -0.592 e. The van der Waals surface area contributed by atoms with E-state index in [-0.39, 0.29) is 0 Å². The zero-order valence-corrected chi connectivity index (χ0v) is 4.38. The van der Waals surface area contributed by atoms with Gasteiger partial charge in [-0.25, -0.2) is 0 Å². The first-order chi connectivity index (χ1) is 3.39. The number of hydrogen-bond donors (Lipinski definition) is 0. The van der Waals surface area contributed by atoms with E-state index < -0.39 is 0 Å². The second-order valence-corrected chi connectivity index (χ2v) is 1.85. The molecule has 0 aliphatic carbocycles. The van der Waals surface area contributed by atoms with Gasteiger partial charge in [0.25, 0.3) is 8.35 Å². The van der Waals surface area contributed by atoms with E-state index in [1.807, 2.05) is 0 Å². The fourth-order valence-corrected chi connectivity index (χ4v) is 0.647. The Hall–Kier alpha value is -0.690. The zero-order valence-electron chi connectivity index (χ0n) is 3.48. The van der Waals surface area contributed by atoms with E-state index in [0.29, 0.717) is 13.0 Å². The standard InChI is InChI=1S/C3H3N2OP/c6-5-4-2-1-3-7-5/h1-3H. The fraction of sp³-hybridized carbons (Fsp3) is 0. The van der Waals surface area contributed by atoms with Gasteiger partial charge < -0.3 is 5.21 Å². The molecule has 0 fully saturated rings. The number of aromatic nitrogens is 2. The Morgan fingerprint density at radius 2 is 2.57 bits per heavy atom. The molecule has 0 spiro atoms. The molecule has 0 aromatic carbocycles. The Labute approximate surface area is 42.4 Å². The molecule has 0 saturated carbocycles. The molecule has 0 amide bonds. The van der Waals surface area contributed by atoms with Crippen LogP contribution in [0.4, 0.5) is 0 Å². The molecule has 3 nitrogen and oxygen atoms in total. The maximum atomic E-state index is 10.1. The molecular weight excluding hydrogens is 111 g/mol. The van der Waals surface area contributed by atoms with Crippen LogP contribution >= 0.6 is 8.35 Å². The molecule has 0 aliphatic heterocycles. The van der Waals surface area contributed by atoms with Crippen LogP contribution in [0.5, 0.6) is 0 Å². The summed E-state index contributed by atoms with van der Waals surface area (Å²) in [6, 6.07) is 1.73. The van der Waals surface area contributed by atoms with Crippen molar-refractivity contribution in [2.45, 2.75) is 0 Å². The molecule has 1 heterocycles. The van der Waals surface area contributed by atoms with Gasteiger partial charge in [0.15, 0.2) is 0 Å². The van der Waals surface area contributed by atoms with Gasteiger partial charge in [-0.1, -0.05) is 0 Å². The van der Waals surface area contributed by atoms with Gasteiger partial charge >= 0.3 is 0 Å². The molecular formula is C3H3N2OP. The highest BCUT2D eigenvalue weighted by Gasteiger charge is 1.79. The lowest BCUT2D eigenvalue weighted by Crippen LogP contribution is -2.23. The van der Waals surface area contributed by atoms with Crippen molar-refractivity contribution in [3.8, 4) is 0 Å². The van der Waals surface area contributed by atoms with Gasteiger partial charge in [0.1, 0.15) is 0 Å². The van der Waals surface area contributed by atoms with Crippen LogP contribution in [0.25, 0.3) is 0 Å². The molecule has 1 aromatic rings. The van der Waals surface area contributed by atoms with Crippen molar-refractivity contribution in [2.75, 3.05) is 0 Å². The molecule has 0 unspecified atom stereocenters. The number of hydrogen-bond acceptors (Lipinski definition) is 2. The summed E-state index contributed by atoms with van der Waals surface area (Å²) in [5.74, 6) is 1.72. The lowest BCUT2D eigenvalue weighted by atomic mass is 10.8. The highest BCUT2D eigenvalue weighted by Crippen LogP contribution is 1.85. The molecule has 4 heteroatoms. The van der Waals surface area contributed by atoms with Gasteiger partial charge in [0.05, 0.1) is 6.20 Å². The summed E-state index contributed by atoms with van der Waals surface area (Å²) in [6.45, 7) is 0. The van der Waals surface area contributed by atoms with E-state index in [2.05, 4.69) is 5.10 Å². The molecule has 1 rings (SSSR count). The molecule has 0 bridgehead atoms. The highest BCUT2D eigenvalue weighted by atomic mass is 31.0. The Balaban J connectivity index is 3.02. The van der Waals surface area contributed by atoms with Gasteiger partial charge in [0, 0.05) is 10.9 Å². The first-order valence-electron chi connectivity index (χ1n) is 1.77. The van der Waals surface area contributed by atoms with Gasteiger partial charge in [-0.15, -0.1) is 0 Å². The average Bonchev–Trinajstić information content (AvgIpc) is 1.69. The maximum Gasteiger partial charge on any atom is 0.286 e. The van der Waals surface area contributed by atoms with E-state index in [4.69, 9.17) is 0 Å². The van der Waals surface area contributed by atoms with E-state index in [9.17, 15) is 5.21 Å². The molecule has 7 heavy (non-hydrogen) atoms. The average molecular weight is 114 g/mol. The quantitative estimate of drug-likeness (QED) is 0.455. The van der Waals surface area contributed by atoms with Crippen LogP contribution in [-0.4, -0.2) is 5.10 Å². The lowest BCUT2D eigenvalue weighted by Gasteiger charge is -1.82. The summed E-state index contributed by atoms with van der Waals surface area (Å²) in [5, 5.41) is 13.5. The minimum absolute atomic E-state index is 0.596. The summed E-state index contributed by atoms with van der Waals surface area (Å²) in [6.07, 6.45) is 1.46. The van der Waals surface area contributed by atoms with Crippen molar-refractivity contribution in [2.24, 2.45) is 0 Å². The van der Waals surface area contributed by atoms with Crippen molar-refractivity contribution in [3.63, 3.8) is 0 Å². The molecule has 0 N–H and O–H groups in total. The van der Waals surface area contributed by atoms with Crippen LogP contribution in [0.1, 0.15) is 0 Å². The third-order valence-corrected chi connectivity index (χ3v) is 1.11. The lowest BCUT2D eigenvalue weighted by molar-refractivity contribution is -0.597. The molecule has 0 aliphatic rings. The molecule has 0 atom stereocenters. The second kappa shape index (κ2) is 1.85. The molecule has 36 valence electrons. The SMILES string of the molecule is [O-][n+]1ncccp1. The van der Waals surface area contributed by atoms with Gasteiger partial charge in [-0.2, -0.15) is 0 Å². The van der Waals surface area contributed by atoms with E-state index in [1.165, 1.54) is 6.20 Å². The van der Waals surface area contributed by atoms with Crippen LogP contribution in [0, 0.1) is 5.21 Å². The summed E-state index contributed by atoms with van der Waals surface area (Å²) >= 11 is 0. The first-order valence-corrected chi connectivity index (χ1v) is 2.68.